The van der Waals surface area contributed by atoms with E-state index in [1.807, 2.05) is 21.9 Å². The number of pyridine rings is 1. The highest BCUT2D eigenvalue weighted by molar-refractivity contribution is 5.92. The summed E-state index contributed by atoms with van der Waals surface area (Å²) in [6.07, 6.45) is 6.88. The summed E-state index contributed by atoms with van der Waals surface area (Å²) in [6, 6.07) is 5.56. The van der Waals surface area contributed by atoms with Crippen molar-refractivity contribution in [1.82, 2.24) is 19.9 Å². The van der Waals surface area contributed by atoms with Crippen LogP contribution in [0.25, 0.3) is 0 Å². The Morgan fingerprint density at radius 1 is 1.33 bits per heavy atom. The van der Waals surface area contributed by atoms with Crippen LogP contribution in [-0.2, 0) is 11.3 Å². The number of hydrogen-bond acceptors (Lipinski definition) is 5. The largest absolute Gasteiger partial charge is 0.361 e. The molecular weight excluding hydrogens is 344 g/mol. The molecule has 4 rings (SSSR count). The van der Waals surface area contributed by atoms with Crippen molar-refractivity contribution >= 4 is 11.8 Å². The van der Waals surface area contributed by atoms with Gasteiger partial charge in [-0.15, -0.1) is 0 Å². The van der Waals surface area contributed by atoms with E-state index in [1.54, 1.807) is 25.4 Å². The van der Waals surface area contributed by atoms with Gasteiger partial charge in [0.05, 0.1) is 0 Å². The molecule has 0 saturated carbocycles. The SMILES string of the molecule is Cc1cc(C(=O)N2CCCC3(CCC(=O)N(Cc4cccnc4)C3)C2)no1. The predicted octanol–water partition coefficient (Wildman–Crippen LogP) is 2.42. The van der Waals surface area contributed by atoms with E-state index in [1.165, 1.54) is 0 Å². The van der Waals surface area contributed by atoms with Gasteiger partial charge in [-0.2, -0.15) is 0 Å². The Labute approximate surface area is 158 Å². The molecular formula is C20H24N4O3. The number of nitrogens with zero attached hydrogens (tertiary/aromatic N) is 4. The number of aromatic nitrogens is 2. The van der Waals surface area contributed by atoms with E-state index in [-0.39, 0.29) is 17.2 Å². The van der Waals surface area contributed by atoms with Crippen LogP contribution in [0.1, 0.15) is 47.5 Å². The quantitative estimate of drug-likeness (QED) is 0.831. The summed E-state index contributed by atoms with van der Waals surface area (Å²) in [5.74, 6) is 0.734. The topological polar surface area (TPSA) is 79.5 Å². The molecule has 2 aromatic heterocycles. The first kappa shape index (κ1) is 17.7. The molecule has 1 atom stereocenters. The van der Waals surface area contributed by atoms with Gasteiger partial charge < -0.3 is 14.3 Å². The first-order valence-corrected chi connectivity index (χ1v) is 9.44. The molecule has 7 nitrogen and oxygen atoms in total. The molecule has 4 heterocycles. The van der Waals surface area contributed by atoms with Crippen LogP contribution in [0.5, 0.6) is 0 Å². The maximum absolute atomic E-state index is 12.8. The second-order valence-corrected chi connectivity index (χ2v) is 7.76. The van der Waals surface area contributed by atoms with Crippen molar-refractivity contribution in [2.24, 2.45) is 5.41 Å². The van der Waals surface area contributed by atoms with Gasteiger partial charge in [-0.1, -0.05) is 11.2 Å². The highest BCUT2D eigenvalue weighted by Gasteiger charge is 2.43. The summed E-state index contributed by atoms with van der Waals surface area (Å²) in [5.41, 5.74) is 1.36. The molecule has 2 amide bonds. The Morgan fingerprint density at radius 3 is 2.96 bits per heavy atom. The van der Waals surface area contributed by atoms with Crippen LogP contribution in [0.4, 0.5) is 0 Å². The summed E-state index contributed by atoms with van der Waals surface area (Å²) >= 11 is 0. The number of carbonyl (C=O) groups excluding carboxylic acids is 2. The van der Waals surface area contributed by atoms with Crippen molar-refractivity contribution in [3.05, 3.63) is 47.6 Å². The summed E-state index contributed by atoms with van der Waals surface area (Å²) < 4.78 is 5.05. The van der Waals surface area contributed by atoms with Crippen molar-refractivity contribution < 1.29 is 14.1 Å². The fourth-order valence-corrected chi connectivity index (χ4v) is 4.30. The lowest BCUT2D eigenvalue weighted by Crippen LogP contribution is -2.54. The van der Waals surface area contributed by atoms with Crippen molar-refractivity contribution in [3.8, 4) is 0 Å². The molecule has 7 heteroatoms. The van der Waals surface area contributed by atoms with Crippen LogP contribution in [0.2, 0.25) is 0 Å². The fourth-order valence-electron chi connectivity index (χ4n) is 4.30. The summed E-state index contributed by atoms with van der Waals surface area (Å²) in [7, 11) is 0. The first-order chi connectivity index (χ1) is 13.0. The molecule has 0 aromatic carbocycles. The lowest BCUT2D eigenvalue weighted by Gasteiger charge is -2.48. The van der Waals surface area contributed by atoms with Gasteiger partial charge in [0.1, 0.15) is 5.76 Å². The van der Waals surface area contributed by atoms with E-state index < -0.39 is 0 Å². The smallest absolute Gasteiger partial charge is 0.276 e. The van der Waals surface area contributed by atoms with E-state index in [0.29, 0.717) is 37.5 Å². The van der Waals surface area contributed by atoms with Gasteiger partial charge in [0.2, 0.25) is 5.91 Å². The minimum absolute atomic E-state index is 0.0389. The third kappa shape index (κ3) is 3.72. The number of aryl methyl sites for hydroxylation is 1. The summed E-state index contributed by atoms with van der Waals surface area (Å²) in [6.45, 7) is 4.43. The Hall–Kier alpha value is -2.70. The molecule has 1 spiro atoms. The third-order valence-electron chi connectivity index (χ3n) is 5.64. The Bertz CT molecular complexity index is 835. The highest BCUT2D eigenvalue weighted by atomic mass is 16.5. The summed E-state index contributed by atoms with van der Waals surface area (Å²) in [5, 5.41) is 3.87. The molecule has 142 valence electrons. The zero-order chi connectivity index (χ0) is 18.9. The molecule has 2 fully saturated rings. The Kier molecular flexibility index (Phi) is 4.68. The van der Waals surface area contributed by atoms with E-state index in [4.69, 9.17) is 4.52 Å². The number of hydrogen-bond donors (Lipinski definition) is 0. The van der Waals surface area contributed by atoms with Gasteiger partial charge in [0.15, 0.2) is 5.69 Å². The third-order valence-corrected chi connectivity index (χ3v) is 5.64. The van der Waals surface area contributed by atoms with E-state index in [2.05, 4.69) is 10.1 Å². The monoisotopic (exact) mass is 368 g/mol. The average Bonchev–Trinajstić information content (AvgIpc) is 3.12. The van der Waals surface area contributed by atoms with Crippen LogP contribution in [0.3, 0.4) is 0 Å². The van der Waals surface area contributed by atoms with Gasteiger partial charge in [-0.3, -0.25) is 14.6 Å². The average molecular weight is 368 g/mol. The Balaban J connectivity index is 1.48. The number of piperidine rings is 2. The first-order valence-electron chi connectivity index (χ1n) is 9.44. The predicted molar refractivity (Wildman–Crippen MR) is 97.7 cm³/mol. The molecule has 0 bridgehead atoms. The molecule has 0 radical (unpaired) electrons. The number of likely N-dealkylation sites (tertiary alicyclic amines) is 2. The second kappa shape index (κ2) is 7.13. The van der Waals surface area contributed by atoms with Crippen molar-refractivity contribution in [2.45, 2.75) is 39.2 Å². The van der Waals surface area contributed by atoms with Crippen LogP contribution in [0.15, 0.2) is 35.1 Å². The lowest BCUT2D eigenvalue weighted by molar-refractivity contribution is -0.139. The van der Waals surface area contributed by atoms with Gasteiger partial charge in [-0.25, -0.2) is 0 Å². The maximum Gasteiger partial charge on any atom is 0.276 e. The van der Waals surface area contributed by atoms with E-state index in [0.717, 1.165) is 31.4 Å². The van der Waals surface area contributed by atoms with Crippen LogP contribution in [0, 0.1) is 12.3 Å². The molecule has 2 aliphatic heterocycles. The fraction of sp³-hybridized carbons (Fsp3) is 0.500. The standard InChI is InChI=1S/C20H24N4O3/c1-15-10-17(22-27-15)19(26)23-9-3-6-20(13-23)7-5-18(25)24(14-20)12-16-4-2-8-21-11-16/h2,4,8,10-11H,3,5-7,9,12-14H2,1H3. The lowest BCUT2D eigenvalue weighted by atomic mass is 9.73. The number of rotatable bonds is 3. The molecule has 2 aromatic rings. The summed E-state index contributed by atoms with van der Waals surface area (Å²) in [4.78, 5) is 33.2. The van der Waals surface area contributed by atoms with Gasteiger partial charge in [0.25, 0.3) is 5.91 Å². The van der Waals surface area contributed by atoms with Crippen LogP contribution < -0.4 is 0 Å². The number of carbonyl (C=O) groups is 2. The van der Waals surface area contributed by atoms with Crippen molar-refractivity contribution in [3.63, 3.8) is 0 Å². The maximum atomic E-state index is 12.8. The molecule has 1 unspecified atom stereocenters. The highest BCUT2D eigenvalue weighted by Crippen LogP contribution is 2.39. The second-order valence-electron chi connectivity index (χ2n) is 7.76. The van der Waals surface area contributed by atoms with Gasteiger partial charge >= 0.3 is 0 Å². The zero-order valence-electron chi connectivity index (χ0n) is 15.6. The Morgan fingerprint density at radius 2 is 2.22 bits per heavy atom. The molecule has 0 N–H and O–H groups in total. The zero-order valence-corrected chi connectivity index (χ0v) is 15.6. The van der Waals surface area contributed by atoms with Crippen LogP contribution >= 0.6 is 0 Å². The molecule has 2 aliphatic rings. The molecule has 27 heavy (non-hydrogen) atoms. The minimum Gasteiger partial charge on any atom is -0.361 e. The normalized spacial score (nSPS) is 23.1. The van der Waals surface area contributed by atoms with Gasteiger partial charge in [-0.05, 0) is 37.8 Å². The van der Waals surface area contributed by atoms with E-state index >= 15 is 0 Å². The van der Waals surface area contributed by atoms with Crippen molar-refractivity contribution in [1.29, 1.82) is 0 Å². The van der Waals surface area contributed by atoms with Gasteiger partial charge in [0, 0.05) is 56.5 Å². The number of amides is 2. The molecule has 0 aliphatic carbocycles. The molecule has 2 saturated heterocycles. The van der Waals surface area contributed by atoms with E-state index in [9.17, 15) is 9.59 Å². The van der Waals surface area contributed by atoms with Crippen LogP contribution in [-0.4, -0.2) is 51.4 Å². The van der Waals surface area contributed by atoms with Crippen molar-refractivity contribution in [2.75, 3.05) is 19.6 Å². The minimum atomic E-state index is -0.0818.